The maximum Gasteiger partial charge on any atom is 0.263 e. The molecule has 2 N–H and O–H groups in total. The number of carbonyl (C=O) groups is 1. The van der Waals surface area contributed by atoms with Crippen molar-refractivity contribution >= 4 is 11.7 Å². The molecule has 0 saturated carbocycles. The lowest BCUT2D eigenvalue weighted by Crippen LogP contribution is -2.39. The SMILES string of the molecule is CC1CCN(C(=O)CO/N=C(/N)c2ccc(F)c(F)c2)CC1. The number of nitrogens with two attached hydrogens (primary N) is 1. The third-order valence-electron chi connectivity index (χ3n) is 3.70. The molecule has 1 fully saturated rings. The smallest absolute Gasteiger partial charge is 0.263 e. The summed E-state index contributed by atoms with van der Waals surface area (Å²) in [5.74, 6) is -1.62. The lowest BCUT2D eigenvalue weighted by Gasteiger charge is -2.29. The van der Waals surface area contributed by atoms with Gasteiger partial charge in [-0.2, -0.15) is 0 Å². The summed E-state index contributed by atoms with van der Waals surface area (Å²) >= 11 is 0. The number of amidine groups is 1. The van der Waals surface area contributed by atoms with E-state index in [2.05, 4.69) is 12.1 Å². The zero-order valence-corrected chi connectivity index (χ0v) is 12.4. The Morgan fingerprint density at radius 3 is 2.68 bits per heavy atom. The Balaban J connectivity index is 1.86. The maximum atomic E-state index is 13.1. The average molecular weight is 311 g/mol. The Hall–Kier alpha value is -2.18. The minimum atomic E-state index is -1.02. The summed E-state index contributed by atoms with van der Waals surface area (Å²) in [6.45, 7) is 3.36. The number of hydrogen-bond donors (Lipinski definition) is 1. The van der Waals surface area contributed by atoms with Crippen molar-refractivity contribution in [2.75, 3.05) is 19.7 Å². The molecule has 5 nitrogen and oxygen atoms in total. The van der Waals surface area contributed by atoms with Gasteiger partial charge >= 0.3 is 0 Å². The molecule has 0 radical (unpaired) electrons. The van der Waals surface area contributed by atoms with Crippen LogP contribution in [0.1, 0.15) is 25.3 Å². The first-order valence-corrected chi connectivity index (χ1v) is 7.16. The summed E-state index contributed by atoms with van der Waals surface area (Å²) in [6.07, 6.45) is 1.96. The molecular weight excluding hydrogens is 292 g/mol. The first-order valence-electron chi connectivity index (χ1n) is 7.16. The number of rotatable bonds is 4. The summed E-state index contributed by atoms with van der Waals surface area (Å²) in [6, 6.07) is 3.16. The van der Waals surface area contributed by atoms with Gasteiger partial charge in [0, 0.05) is 18.7 Å². The molecule has 7 heteroatoms. The van der Waals surface area contributed by atoms with E-state index in [0.29, 0.717) is 19.0 Å². The van der Waals surface area contributed by atoms with E-state index < -0.39 is 11.6 Å². The van der Waals surface area contributed by atoms with E-state index in [1.807, 2.05) is 0 Å². The van der Waals surface area contributed by atoms with Crippen LogP contribution in [0, 0.1) is 17.6 Å². The average Bonchev–Trinajstić information content (AvgIpc) is 2.50. The largest absolute Gasteiger partial charge is 0.384 e. The van der Waals surface area contributed by atoms with E-state index in [1.165, 1.54) is 6.07 Å². The van der Waals surface area contributed by atoms with Gasteiger partial charge in [0.25, 0.3) is 5.91 Å². The zero-order chi connectivity index (χ0) is 16.1. The van der Waals surface area contributed by atoms with E-state index in [0.717, 1.165) is 25.0 Å². The summed E-state index contributed by atoms with van der Waals surface area (Å²) in [5, 5.41) is 3.57. The second-order valence-electron chi connectivity index (χ2n) is 5.44. The van der Waals surface area contributed by atoms with Crippen LogP contribution in [0.25, 0.3) is 0 Å². The lowest BCUT2D eigenvalue weighted by atomic mass is 9.99. The Morgan fingerprint density at radius 2 is 2.05 bits per heavy atom. The van der Waals surface area contributed by atoms with Crippen LogP contribution in [0.2, 0.25) is 0 Å². The minimum Gasteiger partial charge on any atom is -0.384 e. The van der Waals surface area contributed by atoms with Crippen LogP contribution in [0.5, 0.6) is 0 Å². The van der Waals surface area contributed by atoms with Gasteiger partial charge < -0.3 is 15.5 Å². The number of benzene rings is 1. The fraction of sp³-hybridized carbons (Fsp3) is 0.467. The standard InChI is InChI=1S/C15H19F2N3O2/c1-10-4-6-20(7-5-10)14(21)9-22-19-15(18)11-2-3-12(16)13(17)8-11/h2-3,8,10H,4-7,9H2,1H3,(H2,18,19). The highest BCUT2D eigenvalue weighted by atomic mass is 19.2. The van der Waals surface area contributed by atoms with E-state index in [4.69, 9.17) is 10.6 Å². The van der Waals surface area contributed by atoms with Crippen molar-refractivity contribution in [1.29, 1.82) is 0 Å². The van der Waals surface area contributed by atoms with Gasteiger partial charge in [0.05, 0.1) is 0 Å². The molecule has 2 rings (SSSR count). The number of carbonyl (C=O) groups excluding carboxylic acids is 1. The van der Waals surface area contributed by atoms with Crippen molar-refractivity contribution in [3.05, 3.63) is 35.4 Å². The van der Waals surface area contributed by atoms with E-state index >= 15 is 0 Å². The predicted octanol–water partition coefficient (Wildman–Crippen LogP) is 1.86. The van der Waals surface area contributed by atoms with Gasteiger partial charge in [-0.15, -0.1) is 0 Å². The molecule has 1 amide bonds. The number of likely N-dealkylation sites (tertiary alicyclic amines) is 1. The minimum absolute atomic E-state index is 0.112. The van der Waals surface area contributed by atoms with Crippen molar-refractivity contribution < 1.29 is 18.4 Å². The van der Waals surface area contributed by atoms with Crippen LogP contribution in [0.3, 0.4) is 0 Å². The van der Waals surface area contributed by atoms with E-state index in [9.17, 15) is 13.6 Å². The van der Waals surface area contributed by atoms with Gasteiger partial charge in [0.2, 0.25) is 0 Å². The Bertz CT molecular complexity index is 570. The summed E-state index contributed by atoms with van der Waals surface area (Å²) in [5.41, 5.74) is 5.80. The molecular formula is C15H19F2N3O2. The second kappa shape index (κ2) is 7.20. The molecule has 1 saturated heterocycles. The predicted molar refractivity (Wildman–Crippen MR) is 78.0 cm³/mol. The van der Waals surface area contributed by atoms with E-state index in [1.54, 1.807) is 4.90 Å². The maximum absolute atomic E-state index is 13.1. The van der Waals surface area contributed by atoms with Gasteiger partial charge in [-0.3, -0.25) is 4.79 Å². The fourth-order valence-corrected chi connectivity index (χ4v) is 2.21. The molecule has 0 aliphatic carbocycles. The van der Waals surface area contributed by atoms with Gasteiger partial charge in [-0.25, -0.2) is 8.78 Å². The highest BCUT2D eigenvalue weighted by Gasteiger charge is 2.20. The molecule has 1 aliphatic rings. The van der Waals surface area contributed by atoms with Crippen LogP contribution in [0.15, 0.2) is 23.4 Å². The van der Waals surface area contributed by atoms with Crippen molar-refractivity contribution in [2.24, 2.45) is 16.8 Å². The van der Waals surface area contributed by atoms with Gasteiger partial charge in [0.1, 0.15) is 0 Å². The summed E-state index contributed by atoms with van der Waals surface area (Å²) in [7, 11) is 0. The quantitative estimate of drug-likeness (QED) is 0.524. The Labute approximate surface area is 127 Å². The molecule has 1 aromatic carbocycles. The molecule has 1 heterocycles. The van der Waals surface area contributed by atoms with Crippen molar-refractivity contribution in [3.63, 3.8) is 0 Å². The van der Waals surface area contributed by atoms with Crippen molar-refractivity contribution in [2.45, 2.75) is 19.8 Å². The topological polar surface area (TPSA) is 67.9 Å². The van der Waals surface area contributed by atoms with Crippen LogP contribution in [-0.2, 0) is 9.63 Å². The van der Waals surface area contributed by atoms with Crippen LogP contribution < -0.4 is 5.73 Å². The molecule has 0 spiro atoms. The molecule has 0 unspecified atom stereocenters. The summed E-state index contributed by atoms with van der Waals surface area (Å²) < 4.78 is 25.9. The third-order valence-corrected chi connectivity index (χ3v) is 3.70. The highest BCUT2D eigenvalue weighted by molar-refractivity contribution is 5.97. The van der Waals surface area contributed by atoms with Crippen molar-refractivity contribution in [1.82, 2.24) is 4.90 Å². The molecule has 120 valence electrons. The molecule has 1 aromatic rings. The van der Waals surface area contributed by atoms with Crippen LogP contribution in [0.4, 0.5) is 8.78 Å². The fourth-order valence-electron chi connectivity index (χ4n) is 2.21. The van der Waals surface area contributed by atoms with E-state index in [-0.39, 0.29) is 23.9 Å². The Morgan fingerprint density at radius 1 is 1.36 bits per heavy atom. The van der Waals surface area contributed by atoms with Gasteiger partial charge in [0.15, 0.2) is 24.1 Å². The molecule has 0 aromatic heterocycles. The highest BCUT2D eigenvalue weighted by Crippen LogP contribution is 2.16. The molecule has 22 heavy (non-hydrogen) atoms. The molecule has 0 bridgehead atoms. The van der Waals surface area contributed by atoms with Gasteiger partial charge in [-0.1, -0.05) is 12.1 Å². The number of hydrogen-bond acceptors (Lipinski definition) is 3. The molecule has 0 atom stereocenters. The first kappa shape index (κ1) is 16.2. The lowest BCUT2D eigenvalue weighted by molar-refractivity contribution is -0.137. The number of amides is 1. The summed E-state index contributed by atoms with van der Waals surface area (Å²) in [4.78, 5) is 18.5. The monoisotopic (exact) mass is 311 g/mol. The second-order valence-corrected chi connectivity index (χ2v) is 5.44. The number of oxime groups is 1. The van der Waals surface area contributed by atoms with Crippen LogP contribution >= 0.6 is 0 Å². The molecule has 1 aliphatic heterocycles. The normalized spacial score (nSPS) is 16.7. The Kier molecular flexibility index (Phi) is 5.30. The number of nitrogens with zero attached hydrogens (tertiary/aromatic N) is 2. The van der Waals surface area contributed by atoms with Crippen LogP contribution in [-0.4, -0.2) is 36.3 Å². The third kappa shape index (κ3) is 4.16. The zero-order valence-electron chi connectivity index (χ0n) is 12.4. The number of halogens is 2. The first-order chi connectivity index (χ1) is 10.5. The number of piperidine rings is 1. The van der Waals surface area contributed by atoms with Gasteiger partial charge in [-0.05, 0) is 37.0 Å². The van der Waals surface area contributed by atoms with Crippen molar-refractivity contribution in [3.8, 4) is 0 Å².